The van der Waals surface area contributed by atoms with Gasteiger partial charge in [-0.15, -0.1) is 0 Å². The van der Waals surface area contributed by atoms with E-state index in [4.69, 9.17) is 15.2 Å². The molecule has 0 bridgehead atoms. The van der Waals surface area contributed by atoms with E-state index in [0.29, 0.717) is 0 Å². The quantitative estimate of drug-likeness (QED) is 0.871. The summed E-state index contributed by atoms with van der Waals surface area (Å²) in [6.45, 7) is 4.05. The first kappa shape index (κ1) is 16.1. The van der Waals surface area contributed by atoms with E-state index in [9.17, 15) is 4.79 Å². The molecule has 1 amide bonds. The second kappa shape index (κ2) is 6.37. The van der Waals surface area contributed by atoms with Crippen molar-refractivity contribution in [3.05, 3.63) is 23.8 Å². The number of amides is 1. The number of hydrogen-bond donors (Lipinski definition) is 1. The number of benzene rings is 1. The maximum absolute atomic E-state index is 12.3. The largest absolute Gasteiger partial charge is 0.497 e. The highest BCUT2D eigenvalue weighted by molar-refractivity contribution is 5.89. The average Bonchev–Trinajstić information content (AvgIpc) is 3.33. The minimum absolute atomic E-state index is 0.125. The highest BCUT2D eigenvalue weighted by atomic mass is 16.5. The summed E-state index contributed by atoms with van der Waals surface area (Å²) in [4.78, 5) is 16.5. The zero-order chi connectivity index (χ0) is 16.4. The van der Waals surface area contributed by atoms with Crippen LogP contribution in [0.3, 0.4) is 0 Å². The van der Waals surface area contributed by atoms with Crippen molar-refractivity contribution < 1.29 is 14.3 Å². The van der Waals surface area contributed by atoms with Gasteiger partial charge in [-0.3, -0.25) is 9.69 Å². The number of piperazine rings is 1. The van der Waals surface area contributed by atoms with Gasteiger partial charge >= 0.3 is 0 Å². The minimum Gasteiger partial charge on any atom is -0.497 e. The molecule has 1 aliphatic heterocycles. The molecule has 0 aromatic heterocycles. The van der Waals surface area contributed by atoms with E-state index < -0.39 is 5.54 Å². The molecule has 1 aromatic carbocycles. The lowest BCUT2D eigenvalue weighted by Crippen LogP contribution is -2.53. The molecule has 3 rings (SSSR count). The smallest absolute Gasteiger partial charge is 0.242 e. The molecule has 1 aromatic rings. The molecule has 6 heteroatoms. The van der Waals surface area contributed by atoms with Crippen LogP contribution in [0.2, 0.25) is 0 Å². The number of nitrogens with zero attached hydrogens (tertiary/aromatic N) is 2. The Morgan fingerprint density at radius 3 is 2.13 bits per heavy atom. The molecule has 1 saturated heterocycles. The predicted octanol–water partition coefficient (Wildman–Crippen LogP) is 0.839. The number of carbonyl (C=O) groups excluding carboxylic acids is 1. The first-order valence-electron chi connectivity index (χ1n) is 8.07. The fourth-order valence-corrected chi connectivity index (χ4v) is 2.99. The summed E-state index contributed by atoms with van der Waals surface area (Å²) >= 11 is 0. The van der Waals surface area contributed by atoms with Crippen LogP contribution in [0.1, 0.15) is 18.4 Å². The Labute approximate surface area is 137 Å². The van der Waals surface area contributed by atoms with Crippen molar-refractivity contribution in [1.29, 1.82) is 0 Å². The third-order valence-corrected chi connectivity index (χ3v) is 4.69. The van der Waals surface area contributed by atoms with Crippen molar-refractivity contribution >= 4 is 5.91 Å². The molecule has 126 valence electrons. The highest BCUT2D eigenvalue weighted by Gasteiger charge is 2.48. The molecule has 1 aliphatic carbocycles. The van der Waals surface area contributed by atoms with Crippen molar-refractivity contribution in [1.82, 2.24) is 9.80 Å². The summed E-state index contributed by atoms with van der Waals surface area (Å²) < 4.78 is 10.6. The SMILES string of the molecule is COc1cc(CN2CCN(C(=O)C3(N)CC3)CC2)cc(OC)c1. The summed E-state index contributed by atoms with van der Waals surface area (Å²) in [5.41, 5.74) is 6.61. The second-order valence-electron chi connectivity index (χ2n) is 6.45. The standard InChI is InChI=1S/C17H25N3O3/c1-22-14-9-13(10-15(11-14)23-2)12-19-5-7-20(8-6-19)16(21)17(18)3-4-17/h9-11H,3-8,12,18H2,1-2H3. The van der Waals surface area contributed by atoms with E-state index >= 15 is 0 Å². The third kappa shape index (κ3) is 3.59. The summed E-state index contributed by atoms with van der Waals surface area (Å²) in [5, 5.41) is 0. The fourth-order valence-electron chi connectivity index (χ4n) is 2.99. The highest BCUT2D eigenvalue weighted by Crippen LogP contribution is 2.34. The second-order valence-corrected chi connectivity index (χ2v) is 6.45. The first-order chi connectivity index (χ1) is 11.0. The van der Waals surface area contributed by atoms with Crippen LogP contribution in [0.15, 0.2) is 18.2 Å². The van der Waals surface area contributed by atoms with Crippen molar-refractivity contribution in [2.75, 3.05) is 40.4 Å². The van der Waals surface area contributed by atoms with Gasteiger partial charge in [-0.05, 0) is 30.5 Å². The summed E-state index contributed by atoms with van der Waals surface area (Å²) in [6, 6.07) is 5.93. The lowest BCUT2D eigenvalue weighted by molar-refractivity contribution is -0.135. The maximum Gasteiger partial charge on any atom is 0.242 e. The van der Waals surface area contributed by atoms with Crippen LogP contribution < -0.4 is 15.2 Å². The van der Waals surface area contributed by atoms with E-state index in [1.54, 1.807) is 14.2 Å². The van der Waals surface area contributed by atoms with E-state index in [-0.39, 0.29) is 5.91 Å². The molecule has 2 aliphatic rings. The van der Waals surface area contributed by atoms with Crippen molar-refractivity contribution in [3.8, 4) is 11.5 Å². The van der Waals surface area contributed by atoms with Gasteiger partial charge in [-0.25, -0.2) is 0 Å². The van der Waals surface area contributed by atoms with Crippen molar-refractivity contribution in [3.63, 3.8) is 0 Å². The number of methoxy groups -OCH3 is 2. The maximum atomic E-state index is 12.3. The number of rotatable bonds is 5. The molecule has 6 nitrogen and oxygen atoms in total. The monoisotopic (exact) mass is 319 g/mol. The molecular formula is C17H25N3O3. The van der Waals surface area contributed by atoms with E-state index in [2.05, 4.69) is 4.90 Å². The topological polar surface area (TPSA) is 68.0 Å². The van der Waals surface area contributed by atoms with Gasteiger partial charge < -0.3 is 20.1 Å². The van der Waals surface area contributed by atoms with Gasteiger partial charge in [0.25, 0.3) is 0 Å². The summed E-state index contributed by atoms with van der Waals surface area (Å²) in [7, 11) is 3.31. The zero-order valence-corrected chi connectivity index (χ0v) is 13.9. The van der Waals surface area contributed by atoms with Crippen LogP contribution in [0.5, 0.6) is 11.5 Å². The molecule has 0 spiro atoms. The molecular weight excluding hydrogens is 294 g/mol. The normalized spacial score (nSPS) is 20.2. The predicted molar refractivity (Wildman–Crippen MR) is 87.6 cm³/mol. The molecule has 0 radical (unpaired) electrons. The Morgan fingerprint density at radius 1 is 1.09 bits per heavy atom. The lowest BCUT2D eigenvalue weighted by atomic mass is 10.1. The number of ether oxygens (including phenoxy) is 2. The zero-order valence-electron chi connectivity index (χ0n) is 13.9. The molecule has 2 fully saturated rings. The molecule has 1 saturated carbocycles. The molecule has 2 N–H and O–H groups in total. The van der Waals surface area contributed by atoms with Crippen LogP contribution in [0.4, 0.5) is 0 Å². The minimum atomic E-state index is -0.553. The van der Waals surface area contributed by atoms with Gasteiger partial charge in [-0.1, -0.05) is 0 Å². The average molecular weight is 319 g/mol. The van der Waals surface area contributed by atoms with Crippen LogP contribution in [0, 0.1) is 0 Å². The van der Waals surface area contributed by atoms with Gasteiger partial charge in [0.2, 0.25) is 5.91 Å². The number of hydrogen-bond acceptors (Lipinski definition) is 5. The summed E-state index contributed by atoms with van der Waals surface area (Å²) in [6.07, 6.45) is 1.66. The Hall–Kier alpha value is -1.79. The first-order valence-corrected chi connectivity index (χ1v) is 8.07. The molecule has 23 heavy (non-hydrogen) atoms. The van der Waals surface area contributed by atoms with Crippen LogP contribution >= 0.6 is 0 Å². The van der Waals surface area contributed by atoms with E-state index in [1.165, 1.54) is 0 Å². The number of nitrogens with two attached hydrogens (primary N) is 1. The Balaban J connectivity index is 1.57. The lowest BCUT2D eigenvalue weighted by Gasteiger charge is -2.36. The van der Waals surface area contributed by atoms with Gasteiger partial charge in [0, 0.05) is 38.8 Å². The van der Waals surface area contributed by atoms with Gasteiger partial charge in [0.05, 0.1) is 19.8 Å². The van der Waals surface area contributed by atoms with Gasteiger partial charge in [-0.2, -0.15) is 0 Å². The fraction of sp³-hybridized carbons (Fsp3) is 0.588. The third-order valence-electron chi connectivity index (χ3n) is 4.69. The van der Waals surface area contributed by atoms with Crippen LogP contribution in [-0.2, 0) is 11.3 Å². The summed E-state index contributed by atoms with van der Waals surface area (Å²) in [5.74, 6) is 1.72. The molecule has 1 heterocycles. The van der Waals surface area contributed by atoms with Crippen molar-refractivity contribution in [2.45, 2.75) is 24.9 Å². The Bertz CT molecular complexity index is 556. The van der Waals surface area contributed by atoms with Crippen LogP contribution in [-0.4, -0.2) is 61.6 Å². The van der Waals surface area contributed by atoms with E-state index in [0.717, 1.165) is 62.6 Å². The van der Waals surface area contributed by atoms with Crippen molar-refractivity contribution in [2.24, 2.45) is 5.73 Å². The number of carbonyl (C=O) groups is 1. The van der Waals surface area contributed by atoms with Crippen LogP contribution in [0.25, 0.3) is 0 Å². The molecule has 0 atom stereocenters. The Morgan fingerprint density at radius 2 is 1.65 bits per heavy atom. The Kier molecular flexibility index (Phi) is 4.46. The van der Waals surface area contributed by atoms with E-state index in [1.807, 2.05) is 23.1 Å². The van der Waals surface area contributed by atoms with Gasteiger partial charge in [0.1, 0.15) is 11.5 Å². The van der Waals surface area contributed by atoms with Gasteiger partial charge in [0.15, 0.2) is 0 Å². The molecule has 0 unspecified atom stereocenters.